The molecular formula is C14H14ClN3O2. The molecule has 0 unspecified atom stereocenters. The summed E-state index contributed by atoms with van der Waals surface area (Å²) in [5.74, 6) is -0.521. The summed E-state index contributed by atoms with van der Waals surface area (Å²) in [6.07, 6.45) is 1.49. The SMILES string of the molecule is CC(C)c1ncc(Nc2ccc(Cl)cc2)c(C(=O)O)n1. The lowest BCUT2D eigenvalue weighted by Crippen LogP contribution is -2.10. The van der Waals surface area contributed by atoms with Gasteiger partial charge in [0.2, 0.25) is 0 Å². The van der Waals surface area contributed by atoms with Crippen LogP contribution in [0.25, 0.3) is 0 Å². The first-order valence-corrected chi connectivity index (χ1v) is 6.48. The van der Waals surface area contributed by atoms with Crippen LogP contribution in [0.5, 0.6) is 0 Å². The number of carbonyl (C=O) groups is 1. The highest BCUT2D eigenvalue weighted by Gasteiger charge is 2.15. The highest BCUT2D eigenvalue weighted by Crippen LogP contribution is 2.22. The second kappa shape index (κ2) is 5.88. The minimum absolute atomic E-state index is 0.0429. The number of benzene rings is 1. The quantitative estimate of drug-likeness (QED) is 0.898. The van der Waals surface area contributed by atoms with Crippen molar-refractivity contribution in [2.75, 3.05) is 5.32 Å². The maximum absolute atomic E-state index is 11.3. The monoisotopic (exact) mass is 291 g/mol. The van der Waals surface area contributed by atoms with Crippen molar-refractivity contribution >= 4 is 28.9 Å². The number of aromatic nitrogens is 2. The Bertz CT molecular complexity index is 627. The van der Waals surface area contributed by atoms with Gasteiger partial charge in [-0.3, -0.25) is 0 Å². The van der Waals surface area contributed by atoms with E-state index in [1.54, 1.807) is 24.3 Å². The fourth-order valence-electron chi connectivity index (χ4n) is 1.62. The topological polar surface area (TPSA) is 75.1 Å². The third kappa shape index (κ3) is 3.24. The zero-order valence-electron chi connectivity index (χ0n) is 11.1. The van der Waals surface area contributed by atoms with Crippen LogP contribution in [0.15, 0.2) is 30.5 Å². The largest absolute Gasteiger partial charge is 0.476 e. The molecule has 1 heterocycles. The molecule has 0 saturated carbocycles. The van der Waals surface area contributed by atoms with Gasteiger partial charge in [0.05, 0.1) is 11.9 Å². The van der Waals surface area contributed by atoms with Crippen LogP contribution in [0.1, 0.15) is 36.1 Å². The van der Waals surface area contributed by atoms with Gasteiger partial charge in [-0.05, 0) is 24.3 Å². The van der Waals surface area contributed by atoms with Gasteiger partial charge in [0.1, 0.15) is 5.82 Å². The molecule has 0 bridgehead atoms. The van der Waals surface area contributed by atoms with Gasteiger partial charge in [0.25, 0.3) is 0 Å². The molecule has 2 N–H and O–H groups in total. The van der Waals surface area contributed by atoms with Crippen LogP contribution >= 0.6 is 11.6 Å². The lowest BCUT2D eigenvalue weighted by atomic mass is 10.2. The summed E-state index contributed by atoms with van der Waals surface area (Å²) in [7, 11) is 0. The molecule has 0 aliphatic carbocycles. The predicted molar refractivity (Wildman–Crippen MR) is 77.8 cm³/mol. The first-order chi connectivity index (χ1) is 9.47. The van der Waals surface area contributed by atoms with Crippen LogP contribution in [0.2, 0.25) is 5.02 Å². The molecule has 0 radical (unpaired) electrons. The third-order valence-corrected chi connectivity index (χ3v) is 2.90. The van der Waals surface area contributed by atoms with Crippen molar-refractivity contribution < 1.29 is 9.90 Å². The summed E-state index contributed by atoms with van der Waals surface area (Å²) in [6, 6.07) is 6.94. The Kier molecular flexibility index (Phi) is 4.20. The van der Waals surface area contributed by atoms with E-state index in [9.17, 15) is 9.90 Å². The van der Waals surface area contributed by atoms with E-state index >= 15 is 0 Å². The van der Waals surface area contributed by atoms with E-state index in [0.29, 0.717) is 16.5 Å². The van der Waals surface area contributed by atoms with Crippen molar-refractivity contribution in [2.45, 2.75) is 19.8 Å². The van der Waals surface area contributed by atoms with Gasteiger partial charge in [0, 0.05) is 16.6 Å². The van der Waals surface area contributed by atoms with Crippen molar-refractivity contribution in [3.05, 3.63) is 47.0 Å². The Morgan fingerprint density at radius 1 is 1.30 bits per heavy atom. The van der Waals surface area contributed by atoms with Gasteiger partial charge >= 0.3 is 5.97 Å². The molecule has 0 aliphatic rings. The fraction of sp³-hybridized carbons (Fsp3) is 0.214. The van der Waals surface area contributed by atoms with E-state index in [2.05, 4.69) is 15.3 Å². The summed E-state index contributed by atoms with van der Waals surface area (Å²) in [5, 5.41) is 12.8. The number of rotatable bonds is 4. The highest BCUT2D eigenvalue weighted by molar-refractivity contribution is 6.30. The smallest absolute Gasteiger partial charge is 0.356 e. The first kappa shape index (κ1) is 14.3. The zero-order valence-corrected chi connectivity index (χ0v) is 11.8. The maximum Gasteiger partial charge on any atom is 0.356 e. The van der Waals surface area contributed by atoms with Crippen LogP contribution in [-0.2, 0) is 0 Å². The lowest BCUT2D eigenvalue weighted by molar-refractivity contribution is 0.0691. The molecule has 2 aromatic rings. The number of hydrogen-bond acceptors (Lipinski definition) is 4. The van der Waals surface area contributed by atoms with Gasteiger partial charge in [-0.1, -0.05) is 25.4 Å². The molecule has 0 saturated heterocycles. The van der Waals surface area contributed by atoms with Crippen LogP contribution < -0.4 is 5.32 Å². The van der Waals surface area contributed by atoms with Crippen LogP contribution in [0.3, 0.4) is 0 Å². The van der Waals surface area contributed by atoms with Crippen LogP contribution in [-0.4, -0.2) is 21.0 Å². The fourth-order valence-corrected chi connectivity index (χ4v) is 1.74. The predicted octanol–water partition coefficient (Wildman–Crippen LogP) is 3.70. The number of anilines is 2. The molecule has 1 aromatic carbocycles. The molecule has 0 fully saturated rings. The van der Waals surface area contributed by atoms with Crippen molar-refractivity contribution in [3.63, 3.8) is 0 Å². The Hall–Kier alpha value is -2.14. The Morgan fingerprint density at radius 2 is 1.95 bits per heavy atom. The summed E-state index contributed by atoms with van der Waals surface area (Å²) < 4.78 is 0. The zero-order chi connectivity index (χ0) is 14.7. The maximum atomic E-state index is 11.3. The number of carboxylic acid groups (broad SMARTS) is 1. The Labute approximate surface area is 121 Å². The molecule has 104 valence electrons. The summed E-state index contributed by atoms with van der Waals surface area (Å²) >= 11 is 5.81. The molecule has 20 heavy (non-hydrogen) atoms. The van der Waals surface area contributed by atoms with E-state index in [1.165, 1.54) is 6.20 Å². The number of nitrogens with zero attached hydrogens (tertiary/aromatic N) is 2. The Balaban J connectivity index is 2.35. The molecule has 0 amide bonds. The van der Waals surface area contributed by atoms with E-state index in [-0.39, 0.29) is 11.6 Å². The average molecular weight is 292 g/mol. The van der Waals surface area contributed by atoms with E-state index < -0.39 is 5.97 Å². The van der Waals surface area contributed by atoms with Crippen LogP contribution in [0.4, 0.5) is 11.4 Å². The standard InChI is InChI=1S/C14H14ClN3O2/c1-8(2)13-16-7-11(12(18-13)14(19)20)17-10-5-3-9(15)4-6-10/h3-8,17H,1-2H3,(H,19,20). The minimum Gasteiger partial charge on any atom is -0.476 e. The second-order valence-electron chi connectivity index (χ2n) is 4.58. The molecule has 5 nitrogen and oxygen atoms in total. The number of aromatic carboxylic acids is 1. The summed E-state index contributed by atoms with van der Waals surface area (Å²) in [5.41, 5.74) is 1.03. The van der Waals surface area contributed by atoms with Gasteiger partial charge in [-0.25, -0.2) is 14.8 Å². The minimum atomic E-state index is -1.09. The van der Waals surface area contributed by atoms with Crippen LogP contribution in [0, 0.1) is 0 Å². The number of carboxylic acids is 1. The first-order valence-electron chi connectivity index (χ1n) is 6.10. The molecule has 1 aromatic heterocycles. The average Bonchev–Trinajstić information content (AvgIpc) is 2.41. The van der Waals surface area contributed by atoms with E-state index in [4.69, 9.17) is 11.6 Å². The lowest BCUT2D eigenvalue weighted by Gasteiger charge is -2.11. The van der Waals surface area contributed by atoms with Gasteiger partial charge in [-0.15, -0.1) is 0 Å². The number of hydrogen-bond donors (Lipinski definition) is 2. The second-order valence-corrected chi connectivity index (χ2v) is 5.02. The van der Waals surface area contributed by atoms with Gasteiger partial charge in [0.15, 0.2) is 5.69 Å². The highest BCUT2D eigenvalue weighted by atomic mass is 35.5. The molecular weight excluding hydrogens is 278 g/mol. The number of halogens is 1. The van der Waals surface area contributed by atoms with Crippen molar-refractivity contribution in [1.29, 1.82) is 0 Å². The van der Waals surface area contributed by atoms with Crippen molar-refractivity contribution in [2.24, 2.45) is 0 Å². The molecule has 0 atom stereocenters. The summed E-state index contributed by atoms with van der Waals surface area (Å²) in [6.45, 7) is 3.82. The molecule has 2 rings (SSSR count). The summed E-state index contributed by atoms with van der Waals surface area (Å²) in [4.78, 5) is 19.5. The number of nitrogens with one attached hydrogen (secondary N) is 1. The normalized spacial score (nSPS) is 10.6. The molecule has 0 aliphatic heterocycles. The van der Waals surface area contributed by atoms with Crippen molar-refractivity contribution in [3.8, 4) is 0 Å². The van der Waals surface area contributed by atoms with E-state index in [1.807, 2.05) is 13.8 Å². The third-order valence-electron chi connectivity index (χ3n) is 2.65. The van der Waals surface area contributed by atoms with Crippen molar-refractivity contribution in [1.82, 2.24) is 9.97 Å². The van der Waals surface area contributed by atoms with E-state index in [0.717, 1.165) is 5.69 Å². The Morgan fingerprint density at radius 3 is 2.50 bits per heavy atom. The van der Waals surface area contributed by atoms with Gasteiger partial charge < -0.3 is 10.4 Å². The molecule has 0 spiro atoms. The molecule has 6 heteroatoms. The van der Waals surface area contributed by atoms with Gasteiger partial charge in [-0.2, -0.15) is 0 Å².